The molecule has 1 N–H and O–H groups in total. The van der Waals surface area contributed by atoms with Gasteiger partial charge < -0.3 is 5.11 Å². The molecule has 4 heteroatoms. The van der Waals surface area contributed by atoms with Gasteiger partial charge in [0.05, 0.1) is 17.3 Å². The van der Waals surface area contributed by atoms with Gasteiger partial charge in [-0.15, -0.1) is 0 Å². The molecule has 0 spiro atoms. The lowest BCUT2D eigenvalue weighted by Crippen LogP contribution is -2.11. The third-order valence-electron chi connectivity index (χ3n) is 2.80. The normalized spacial score (nSPS) is 12.4. The van der Waals surface area contributed by atoms with E-state index in [9.17, 15) is 4.79 Å². The Labute approximate surface area is 99.5 Å². The third-order valence-corrected chi connectivity index (χ3v) is 2.80. The van der Waals surface area contributed by atoms with Gasteiger partial charge in [-0.25, -0.2) is 0 Å². The average Bonchev–Trinajstić information content (AvgIpc) is 2.71. The third kappa shape index (κ3) is 2.20. The second kappa shape index (κ2) is 4.41. The standard InChI is InChI=1S/C13H14N2O2/c1-9(13(16)17)12-8-11(14-15(12)2)10-6-4-3-5-7-10/h3-9H,1-2H3,(H,16,17). The van der Waals surface area contributed by atoms with Crippen molar-refractivity contribution in [2.24, 2.45) is 7.05 Å². The first-order valence-corrected chi connectivity index (χ1v) is 5.41. The first-order valence-electron chi connectivity index (χ1n) is 5.41. The molecule has 1 heterocycles. The van der Waals surface area contributed by atoms with Crippen LogP contribution in [0.4, 0.5) is 0 Å². The number of aryl methyl sites for hydroxylation is 1. The number of aliphatic carboxylic acids is 1. The highest BCUT2D eigenvalue weighted by Crippen LogP contribution is 2.22. The highest BCUT2D eigenvalue weighted by Gasteiger charge is 2.19. The molecule has 0 bridgehead atoms. The van der Waals surface area contributed by atoms with Crippen LogP contribution in [0.15, 0.2) is 36.4 Å². The van der Waals surface area contributed by atoms with Crippen molar-refractivity contribution in [1.82, 2.24) is 9.78 Å². The van der Waals surface area contributed by atoms with E-state index < -0.39 is 11.9 Å². The molecular formula is C13H14N2O2. The lowest BCUT2D eigenvalue weighted by atomic mass is 10.1. The van der Waals surface area contributed by atoms with Crippen molar-refractivity contribution in [2.45, 2.75) is 12.8 Å². The number of nitrogens with zero attached hydrogens (tertiary/aromatic N) is 2. The van der Waals surface area contributed by atoms with Gasteiger partial charge in [-0.2, -0.15) is 5.10 Å². The fraction of sp³-hybridized carbons (Fsp3) is 0.231. The van der Waals surface area contributed by atoms with Crippen LogP contribution >= 0.6 is 0 Å². The van der Waals surface area contributed by atoms with Crippen molar-refractivity contribution in [3.05, 3.63) is 42.1 Å². The summed E-state index contributed by atoms with van der Waals surface area (Å²) in [7, 11) is 1.77. The van der Waals surface area contributed by atoms with Crippen molar-refractivity contribution >= 4 is 5.97 Å². The summed E-state index contributed by atoms with van der Waals surface area (Å²) < 4.78 is 1.63. The van der Waals surface area contributed by atoms with Crippen molar-refractivity contribution < 1.29 is 9.90 Å². The lowest BCUT2D eigenvalue weighted by molar-refractivity contribution is -0.138. The zero-order valence-corrected chi connectivity index (χ0v) is 9.79. The first-order chi connectivity index (χ1) is 8.09. The van der Waals surface area contributed by atoms with Crippen LogP contribution in [0.2, 0.25) is 0 Å². The molecule has 2 aromatic rings. The summed E-state index contributed by atoms with van der Waals surface area (Å²) in [5, 5.41) is 13.3. The van der Waals surface area contributed by atoms with Crippen LogP contribution in [-0.4, -0.2) is 20.9 Å². The first kappa shape index (κ1) is 11.4. The molecule has 88 valence electrons. The van der Waals surface area contributed by atoms with E-state index in [1.54, 1.807) is 18.7 Å². The van der Waals surface area contributed by atoms with Gasteiger partial charge in [0.1, 0.15) is 0 Å². The van der Waals surface area contributed by atoms with Gasteiger partial charge in [0.2, 0.25) is 0 Å². The van der Waals surface area contributed by atoms with Crippen LogP contribution in [-0.2, 0) is 11.8 Å². The molecule has 0 fully saturated rings. The minimum Gasteiger partial charge on any atom is -0.481 e. The summed E-state index contributed by atoms with van der Waals surface area (Å²) in [6, 6.07) is 11.5. The Morgan fingerprint density at radius 3 is 2.59 bits per heavy atom. The Bertz CT molecular complexity index is 532. The number of hydrogen-bond donors (Lipinski definition) is 1. The molecule has 1 unspecified atom stereocenters. The summed E-state index contributed by atoms with van der Waals surface area (Å²) in [6.07, 6.45) is 0. The largest absolute Gasteiger partial charge is 0.481 e. The van der Waals surface area contributed by atoms with E-state index in [2.05, 4.69) is 5.10 Å². The SMILES string of the molecule is CC(C(=O)O)c1cc(-c2ccccc2)nn1C. The van der Waals surface area contributed by atoms with Crippen molar-refractivity contribution in [1.29, 1.82) is 0 Å². The Morgan fingerprint density at radius 1 is 1.35 bits per heavy atom. The van der Waals surface area contributed by atoms with Crippen LogP contribution in [0.5, 0.6) is 0 Å². The smallest absolute Gasteiger partial charge is 0.312 e. The van der Waals surface area contributed by atoms with E-state index in [0.29, 0.717) is 5.69 Å². The van der Waals surface area contributed by atoms with Gasteiger partial charge in [0.15, 0.2) is 0 Å². The maximum atomic E-state index is 11.0. The topological polar surface area (TPSA) is 55.1 Å². The van der Waals surface area contributed by atoms with Gasteiger partial charge in [0.25, 0.3) is 0 Å². The minimum atomic E-state index is -0.840. The van der Waals surface area contributed by atoms with Crippen molar-refractivity contribution in [3.8, 4) is 11.3 Å². The highest BCUT2D eigenvalue weighted by molar-refractivity contribution is 5.75. The van der Waals surface area contributed by atoms with E-state index >= 15 is 0 Å². The number of carboxylic acids is 1. The molecule has 1 aromatic heterocycles. The minimum absolute atomic E-state index is 0.551. The molecule has 2 rings (SSSR count). The van der Waals surface area contributed by atoms with Crippen LogP contribution in [0.25, 0.3) is 11.3 Å². The number of hydrogen-bond acceptors (Lipinski definition) is 2. The molecule has 1 atom stereocenters. The molecule has 0 aliphatic carbocycles. The zero-order valence-electron chi connectivity index (χ0n) is 9.79. The molecule has 17 heavy (non-hydrogen) atoms. The highest BCUT2D eigenvalue weighted by atomic mass is 16.4. The monoisotopic (exact) mass is 230 g/mol. The summed E-state index contributed by atoms with van der Waals surface area (Å²) in [5.74, 6) is -1.39. The Kier molecular flexibility index (Phi) is 2.95. The fourth-order valence-corrected chi connectivity index (χ4v) is 1.76. The van der Waals surface area contributed by atoms with E-state index in [4.69, 9.17) is 5.11 Å². The predicted octanol–water partition coefficient (Wildman–Crippen LogP) is 2.28. The molecule has 0 saturated carbocycles. The summed E-state index contributed by atoms with van der Waals surface area (Å²) in [5.41, 5.74) is 2.50. The molecule has 0 radical (unpaired) electrons. The van der Waals surface area contributed by atoms with E-state index in [1.165, 1.54) is 0 Å². The van der Waals surface area contributed by atoms with Gasteiger partial charge in [-0.05, 0) is 13.0 Å². The molecular weight excluding hydrogens is 216 g/mol. The lowest BCUT2D eigenvalue weighted by Gasteiger charge is -2.04. The van der Waals surface area contributed by atoms with Crippen LogP contribution in [0.1, 0.15) is 18.5 Å². The van der Waals surface area contributed by atoms with Crippen LogP contribution in [0.3, 0.4) is 0 Å². The quantitative estimate of drug-likeness (QED) is 0.880. The second-order valence-corrected chi connectivity index (χ2v) is 4.00. The number of benzene rings is 1. The van der Waals surface area contributed by atoms with Gasteiger partial charge in [0, 0.05) is 12.6 Å². The maximum absolute atomic E-state index is 11.0. The zero-order chi connectivity index (χ0) is 12.4. The van der Waals surface area contributed by atoms with Crippen LogP contribution in [0, 0.1) is 0 Å². The van der Waals surface area contributed by atoms with E-state index in [-0.39, 0.29) is 0 Å². The van der Waals surface area contributed by atoms with Gasteiger partial charge >= 0.3 is 5.97 Å². The maximum Gasteiger partial charge on any atom is 0.312 e. The van der Waals surface area contributed by atoms with Crippen molar-refractivity contribution in [3.63, 3.8) is 0 Å². The Hall–Kier alpha value is -2.10. The van der Waals surface area contributed by atoms with Crippen molar-refractivity contribution in [2.75, 3.05) is 0 Å². The molecule has 1 aromatic carbocycles. The molecule has 0 amide bonds. The molecule has 4 nitrogen and oxygen atoms in total. The van der Waals surface area contributed by atoms with Gasteiger partial charge in [-0.3, -0.25) is 9.48 Å². The molecule has 0 aliphatic heterocycles. The molecule has 0 aliphatic rings. The Morgan fingerprint density at radius 2 is 2.00 bits per heavy atom. The summed E-state index contributed by atoms with van der Waals surface area (Å²) >= 11 is 0. The Balaban J connectivity index is 2.41. The van der Waals surface area contributed by atoms with E-state index in [0.717, 1.165) is 11.3 Å². The van der Waals surface area contributed by atoms with Gasteiger partial charge in [-0.1, -0.05) is 30.3 Å². The molecule has 0 saturated heterocycles. The predicted molar refractivity (Wildman–Crippen MR) is 64.7 cm³/mol. The summed E-state index contributed by atoms with van der Waals surface area (Å²) in [6.45, 7) is 1.66. The fourth-order valence-electron chi connectivity index (χ4n) is 1.76. The summed E-state index contributed by atoms with van der Waals surface area (Å²) in [4.78, 5) is 11.0. The number of carbonyl (C=O) groups is 1. The van der Waals surface area contributed by atoms with Crippen LogP contribution < -0.4 is 0 Å². The average molecular weight is 230 g/mol. The van der Waals surface area contributed by atoms with E-state index in [1.807, 2.05) is 36.4 Å². The second-order valence-electron chi connectivity index (χ2n) is 4.00. The number of carboxylic acid groups (broad SMARTS) is 1. The number of aromatic nitrogens is 2. The number of rotatable bonds is 3.